The largest absolute Gasteiger partial charge is 0.373 e. The second-order valence-corrected chi connectivity index (χ2v) is 11.0. The third kappa shape index (κ3) is 5.54. The summed E-state index contributed by atoms with van der Waals surface area (Å²) in [6.07, 6.45) is 0. The van der Waals surface area contributed by atoms with Gasteiger partial charge in [-0.1, -0.05) is 53.5 Å². The summed E-state index contributed by atoms with van der Waals surface area (Å²) in [6, 6.07) is 18.7. The molecule has 0 aliphatic carbocycles. The van der Waals surface area contributed by atoms with Gasteiger partial charge in [0.1, 0.15) is 5.69 Å². The van der Waals surface area contributed by atoms with Gasteiger partial charge in [0, 0.05) is 44.0 Å². The molecule has 0 bridgehead atoms. The van der Waals surface area contributed by atoms with E-state index in [1.54, 1.807) is 12.1 Å². The molecule has 35 heavy (non-hydrogen) atoms. The number of halogens is 2. The van der Waals surface area contributed by atoms with Crippen LogP contribution in [-0.2, 0) is 10.0 Å². The maximum atomic E-state index is 13.0. The number of anilines is 2. The highest BCUT2D eigenvalue weighted by atomic mass is 35.5. The predicted molar refractivity (Wildman–Crippen MR) is 139 cm³/mol. The number of nitrogens with one attached hydrogen (secondary N) is 1. The first kappa shape index (κ1) is 25.2. The van der Waals surface area contributed by atoms with Gasteiger partial charge in [0.2, 0.25) is 10.0 Å². The Morgan fingerprint density at radius 2 is 1.63 bits per heavy atom. The standard InChI is InChI=1S/C24H24Cl2N4O4S/c1-17(18-5-3-2-4-6-18)27-23-15-19(7-10-24(23)30(31)32)28-11-13-29(14-12-28)35(33,34)20-8-9-21(25)22(26)16-20/h2-10,15-17,27H,11-14H2,1H3. The van der Waals surface area contributed by atoms with Gasteiger partial charge in [0.15, 0.2) is 0 Å². The highest BCUT2D eigenvalue weighted by molar-refractivity contribution is 7.89. The fourth-order valence-corrected chi connectivity index (χ4v) is 5.84. The summed E-state index contributed by atoms with van der Waals surface area (Å²) in [5, 5.41) is 15.3. The third-order valence-electron chi connectivity index (χ3n) is 5.98. The summed E-state index contributed by atoms with van der Waals surface area (Å²) in [5.41, 5.74) is 2.19. The zero-order valence-electron chi connectivity index (χ0n) is 18.9. The monoisotopic (exact) mass is 534 g/mol. The van der Waals surface area contributed by atoms with E-state index in [-0.39, 0.29) is 34.7 Å². The van der Waals surface area contributed by atoms with Crippen LogP contribution in [0.4, 0.5) is 17.1 Å². The fourth-order valence-electron chi connectivity index (χ4n) is 4.03. The van der Waals surface area contributed by atoms with Gasteiger partial charge < -0.3 is 10.2 Å². The summed E-state index contributed by atoms with van der Waals surface area (Å²) in [5.74, 6) is 0. The normalized spacial score (nSPS) is 15.6. The molecule has 8 nitrogen and oxygen atoms in total. The zero-order chi connectivity index (χ0) is 25.2. The molecule has 0 aromatic heterocycles. The van der Waals surface area contributed by atoms with Crippen molar-refractivity contribution in [2.45, 2.75) is 17.9 Å². The minimum Gasteiger partial charge on any atom is -0.373 e. The Kier molecular flexibility index (Phi) is 7.51. The molecule has 4 rings (SSSR count). The van der Waals surface area contributed by atoms with Gasteiger partial charge in [-0.25, -0.2) is 8.42 Å². The van der Waals surface area contributed by atoms with Gasteiger partial charge in [-0.05, 0) is 42.8 Å². The van der Waals surface area contributed by atoms with Gasteiger partial charge in [-0.3, -0.25) is 10.1 Å². The van der Waals surface area contributed by atoms with Crippen molar-refractivity contribution in [3.8, 4) is 0 Å². The third-order valence-corrected chi connectivity index (χ3v) is 8.61. The first-order valence-electron chi connectivity index (χ1n) is 11.0. The number of hydrogen-bond donors (Lipinski definition) is 1. The Balaban J connectivity index is 1.51. The number of nitrogens with zero attached hydrogens (tertiary/aromatic N) is 3. The van der Waals surface area contributed by atoms with E-state index in [0.717, 1.165) is 11.3 Å². The van der Waals surface area contributed by atoms with Crippen LogP contribution in [-0.4, -0.2) is 43.8 Å². The van der Waals surface area contributed by atoms with E-state index in [9.17, 15) is 18.5 Å². The van der Waals surface area contributed by atoms with Gasteiger partial charge in [0.25, 0.3) is 5.69 Å². The van der Waals surface area contributed by atoms with Gasteiger partial charge in [-0.15, -0.1) is 0 Å². The lowest BCUT2D eigenvalue weighted by Gasteiger charge is -2.35. The van der Waals surface area contributed by atoms with Gasteiger partial charge in [0.05, 0.1) is 19.9 Å². The lowest BCUT2D eigenvalue weighted by atomic mass is 10.1. The molecule has 1 N–H and O–H groups in total. The molecule has 1 saturated heterocycles. The molecule has 0 amide bonds. The van der Waals surface area contributed by atoms with Crippen LogP contribution in [0.1, 0.15) is 18.5 Å². The van der Waals surface area contributed by atoms with Crippen molar-refractivity contribution in [2.75, 3.05) is 36.4 Å². The summed E-state index contributed by atoms with van der Waals surface area (Å²) >= 11 is 11.9. The van der Waals surface area contributed by atoms with Crippen LogP contribution in [0, 0.1) is 10.1 Å². The molecule has 3 aromatic carbocycles. The molecule has 0 spiro atoms. The highest BCUT2D eigenvalue weighted by Crippen LogP contribution is 2.33. The number of nitro benzene ring substituents is 1. The molecule has 1 heterocycles. The van der Waals surface area contributed by atoms with Crippen molar-refractivity contribution in [3.63, 3.8) is 0 Å². The van der Waals surface area contributed by atoms with E-state index in [1.807, 2.05) is 42.2 Å². The van der Waals surface area contributed by atoms with Crippen molar-refractivity contribution in [3.05, 3.63) is 92.5 Å². The molecule has 1 aliphatic rings. The van der Waals surface area contributed by atoms with E-state index in [1.165, 1.54) is 28.6 Å². The van der Waals surface area contributed by atoms with Crippen LogP contribution in [0.2, 0.25) is 10.0 Å². The van der Waals surface area contributed by atoms with Gasteiger partial charge in [-0.2, -0.15) is 4.31 Å². The minimum absolute atomic E-state index is 0.0163. The number of benzene rings is 3. The fraction of sp³-hybridized carbons (Fsp3) is 0.250. The van der Waals surface area contributed by atoms with E-state index in [4.69, 9.17) is 23.2 Å². The van der Waals surface area contributed by atoms with E-state index >= 15 is 0 Å². The number of piperazine rings is 1. The molecular weight excluding hydrogens is 511 g/mol. The molecule has 0 radical (unpaired) electrons. The lowest BCUT2D eigenvalue weighted by molar-refractivity contribution is -0.384. The molecular formula is C24H24Cl2N4O4S. The van der Waals surface area contributed by atoms with Crippen LogP contribution in [0.15, 0.2) is 71.6 Å². The maximum Gasteiger partial charge on any atom is 0.292 e. The van der Waals surface area contributed by atoms with E-state index < -0.39 is 14.9 Å². The molecule has 184 valence electrons. The van der Waals surface area contributed by atoms with E-state index in [2.05, 4.69) is 5.32 Å². The average Bonchev–Trinajstić information content (AvgIpc) is 2.86. The SMILES string of the molecule is CC(Nc1cc(N2CCN(S(=O)(=O)c3ccc(Cl)c(Cl)c3)CC2)ccc1[N+](=O)[O-])c1ccccc1. The van der Waals surface area contributed by atoms with Crippen LogP contribution in [0.25, 0.3) is 0 Å². The second-order valence-electron chi connectivity index (χ2n) is 8.20. The van der Waals surface area contributed by atoms with Crippen molar-refractivity contribution >= 4 is 50.3 Å². The average molecular weight is 535 g/mol. The predicted octanol–water partition coefficient (Wildman–Crippen LogP) is 5.59. The molecule has 1 unspecified atom stereocenters. The molecule has 1 atom stereocenters. The molecule has 0 saturated carbocycles. The smallest absolute Gasteiger partial charge is 0.292 e. The summed E-state index contributed by atoms with van der Waals surface area (Å²) in [4.78, 5) is 13.3. The van der Waals surface area contributed by atoms with Crippen molar-refractivity contribution in [1.29, 1.82) is 0 Å². The first-order valence-corrected chi connectivity index (χ1v) is 13.2. The Bertz CT molecular complexity index is 1330. The number of nitro groups is 1. The highest BCUT2D eigenvalue weighted by Gasteiger charge is 2.29. The van der Waals surface area contributed by atoms with Crippen LogP contribution >= 0.6 is 23.2 Å². The quantitative estimate of drug-likeness (QED) is 0.313. The topological polar surface area (TPSA) is 95.8 Å². The summed E-state index contributed by atoms with van der Waals surface area (Å²) in [7, 11) is -3.72. The van der Waals surface area contributed by atoms with Crippen LogP contribution < -0.4 is 10.2 Å². The maximum absolute atomic E-state index is 13.0. The summed E-state index contributed by atoms with van der Waals surface area (Å²) < 4.78 is 27.5. The number of hydrogen-bond acceptors (Lipinski definition) is 6. The van der Waals surface area contributed by atoms with Crippen molar-refractivity contribution in [2.24, 2.45) is 0 Å². The molecule has 1 aliphatic heterocycles. The molecule has 3 aromatic rings. The first-order chi connectivity index (χ1) is 16.7. The number of rotatable bonds is 7. The molecule has 1 fully saturated rings. The Hall–Kier alpha value is -2.85. The van der Waals surface area contributed by atoms with Crippen molar-refractivity contribution < 1.29 is 13.3 Å². The Morgan fingerprint density at radius 3 is 2.26 bits per heavy atom. The molecule has 11 heteroatoms. The Labute approximate surface area is 214 Å². The lowest BCUT2D eigenvalue weighted by Crippen LogP contribution is -2.48. The van der Waals surface area contributed by atoms with E-state index in [0.29, 0.717) is 23.8 Å². The second kappa shape index (κ2) is 10.4. The minimum atomic E-state index is -3.72. The van der Waals surface area contributed by atoms with Crippen LogP contribution in [0.5, 0.6) is 0 Å². The van der Waals surface area contributed by atoms with Crippen LogP contribution in [0.3, 0.4) is 0 Å². The zero-order valence-corrected chi connectivity index (χ0v) is 21.2. The van der Waals surface area contributed by atoms with Gasteiger partial charge >= 0.3 is 0 Å². The van der Waals surface area contributed by atoms with Crippen molar-refractivity contribution in [1.82, 2.24) is 4.31 Å². The number of sulfonamides is 1. The Morgan fingerprint density at radius 1 is 0.943 bits per heavy atom. The summed E-state index contributed by atoms with van der Waals surface area (Å²) in [6.45, 7) is 3.35.